The second-order valence-corrected chi connectivity index (χ2v) is 7.35. The lowest BCUT2D eigenvalue weighted by Crippen LogP contribution is -2.53. The molecule has 31 heavy (non-hydrogen) atoms. The first-order chi connectivity index (χ1) is 14.9. The summed E-state index contributed by atoms with van der Waals surface area (Å²) in [6, 6.07) is 16.7. The van der Waals surface area contributed by atoms with Crippen LogP contribution in [0.5, 0.6) is 0 Å². The highest BCUT2D eigenvalue weighted by Crippen LogP contribution is 2.11. The van der Waals surface area contributed by atoms with Gasteiger partial charge < -0.3 is 20.5 Å². The maximum absolute atomic E-state index is 12.9. The quantitative estimate of drug-likeness (QED) is 0.418. The molecule has 2 aromatic carbocycles. The van der Waals surface area contributed by atoms with Crippen LogP contribution >= 0.6 is 0 Å². The maximum atomic E-state index is 12.9. The van der Waals surface area contributed by atoms with Crippen molar-refractivity contribution in [1.29, 1.82) is 5.39 Å². The Morgan fingerprint density at radius 2 is 1.61 bits per heavy atom. The number of aliphatic hydroxyl groups is 1. The van der Waals surface area contributed by atoms with Crippen LogP contribution in [0.25, 0.3) is 4.98 Å². The highest BCUT2D eigenvalue weighted by atomic mass is 16.5. The van der Waals surface area contributed by atoms with E-state index < -0.39 is 24.1 Å². The van der Waals surface area contributed by atoms with E-state index in [-0.39, 0.29) is 24.7 Å². The topological polar surface area (TPSA) is 116 Å². The fraction of sp³-hybridized carbons (Fsp3) is 0.304. The molecule has 0 fully saturated rings. The van der Waals surface area contributed by atoms with Crippen LogP contribution in [0.4, 0.5) is 4.79 Å². The maximum Gasteiger partial charge on any atom is 0.408 e. The monoisotopic (exact) mass is 423 g/mol. The molecule has 0 spiro atoms. The molecule has 3 N–H and O–H groups in total. The molecule has 0 saturated heterocycles. The Labute approximate surface area is 181 Å². The number of aliphatic hydroxyl groups excluding tert-OH is 1. The second-order valence-electron chi connectivity index (χ2n) is 7.35. The molecule has 0 bridgehead atoms. The van der Waals surface area contributed by atoms with Crippen molar-refractivity contribution in [3.63, 3.8) is 0 Å². The van der Waals surface area contributed by atoms with Gasteiger partial charge in [0.15, 0.2) is 4.98 Å². The van der Waals surface area contributed by atoms with Crippen LogP contribution in [0.3, 0.4) is 0 Å². The number of carbonyl (C=O) groups excluding carboxylic acids is 2. The van der Waals surface area contributed by atoms with Gasteiger partial charge in [0.05, 0.1) is 6.04 Å². The summed E-state index contributed by atoms with van der Waals surface area (Å²) in [6.45, 7) is 3.65. The van der Waals surface area contributed by atoms with E-state index in [1.807, 2.05) is 60.7 Å². The van der Waals surface area contributed by atoms with E-state index >= 15 is 0 Å². The smallest absolute Gasteiger partial charge is 0.408 e. The molecule has 0 aromatic heterocycles. The molecular formula is C23H27N4O4+. The minimum atomic E-state index is -0.889. The molecule has 8 nitrogen and oxygen atoms in total. The normalized spacial score (nSPS) is 13.0. The minimum absolute atomic E-state index is 0.0806. The Morgan fingerprint density at radius 3 is 2.16 bits per heavy atom. The van der Waals surface area contributed by atoms with Gasteiger partial charge in [-0.25, -0.2) is 4.79 Å². The van der Waals surface area contributed by atoms with E-state index in [1.54, 1.807) is 13.8 Å². The average Bonchev–Trinajstić information content (AvgIpc) is 2.77. The van der Waals surface area contributed by atoms with Gasteiger partial charge in [-0.1, -0.05) is 74.5 Å². The van der Waals surface area contributed by atoms with Crippen LogP contribution in [0.1, 0.15) is 25.0 Å². The van der Waals surface area contributed by atoms with Gasteiger partial charge in [0.2, 0.25) is 17.1 Å². The summed E-state index contributed by atoms with van der Waals surface area (Å²) in [7, 11) is 0. The molecule has 0 aliphatic rings. The van der Waals surface area contributed by atoms with Crippen molar-refractivity contribution < 1.29 is 19.4 Å². The molecule has 0 radical (unpaired) electrons. The molecule has 2 aromatic rings. The van der Waals surface area contributed by atoms with Gasteiger partial charge in [0.25, 0.3) is 0 Å². The number of carbonyl (C=O) groups is 2. The predicted octanol–water partition coefficient (Wildman–Crippen LogP) is 3.92. The number of hydrogen-bond acceptors (Lipinski definition) is 5. The number of nitrogens with zero attached hydrogens (tertiary/aromatic N) is 2. The first-order valence-corrected chi connectivity index (χ1v) is 9.95. The molecule has 0 unspecified atom stereocenters. The highest BCUT2D eigenvalue weighted by molar-refractivity contribution is 5.86. The number of diazo groups is 1. The molecule has 8 heteroatoms. The first kappa shape index (κ1) is 23.4. The zero-order valence-electron chi connectivity index (χ0n) is 17.6. The average molecular weight is 423 g/mol. The zero-order valence-corrected chi connectivity index (χ0v) is 17.6. The summed E-state index contributed by atoms with van der Waals surface area (Å²) in [6.07, 6.45) is 0.412. The Morgan fingerprint density at radius 1 is 1.03 bits per heavy atom. The lowest BCUT2D eigenvalue weighted by molar-refractivity contribution is -0.124. The number of benzene rings is 2. The SMILES string of the molecule is CC(C)[C@H](NC(=O)OCc1ccccc1)C(=O)N[C@@H](Cc1ccccc1)/C(O)=C/[N+]#N. The zero-order chi connectivity index (χ0) is 22.6. The molecule has 0 saturated carbocycles. The molecule has 0 aliphatic heterocycles. The van der Waals surface area contributed by atoms with E-state index in [0.717, 1.165) is 17.3 Å². The van der Waals surface area contributed by atoms with Crippen molar-refractivity contribution in [3.05, 3.63) is 88.7 Å². The van der Waals surface area contributed by atoms with E-state index in [1.165, 1.54) is 0 Å². The lowest BCUT2D eigenvalue weighted by Gasteiger charge is -2.24. The van der Waals surface area contributed by atoms with Crippen molar-refractivity contribution in [2.45, 2.75) is 39.0 Å². The molecular weight excluding hydrogens is 396 g/mol. The number of hydrogen-bond donors (Lipinski definition) is 3. The second kappa shape index (κ2) is 12.0. The summed E-state index contributed by atoms with van der Waals surface area (Å²) >= 11 is 0. The van der Waals surface area contributed by atoms with Crippen LogP contribution in [-0.2, 0) is 22.6 Å². The van der Waals surface area contributed by atoms with Crippen LogP contribution in [-0.4, -0.2) is 29.2 Å². The van der Waals surface area contributed by atoms with Crippen LogP contribution in [0.15, 0.2) is 72.6 Å². The number of rotatable bonds is 9. The van der Waals surface area contributed by atoms with Crippen LogP contribution in [0, 0.1) is 11.3 Å². The third-order valence-corrected chi connectivity index (χ3v) is 4.58. The number of nitrogens with one attached hydrogen (secondary N) is 2. The lowest BCUT2D eigenvalue weighted by atomic mass is 10.0. The van der Waals surface area contributed by atoms with Crippen LogP contribution < -0.4 is 10.6 Å². The number of ether oxygens (including phenoxy) is 1. The minimum Gasteiger partial charge on any atom is -0.504 e. The van der Waals surface area contributed by atoms with Gasteiger partial charge in [-0.2, -0.15) is 0 Å². The van der Waals surface area contributed by atoms with Gasteiger partial charge in [-0.05, 0) is 17.0 Å². The molecule has 0 aliphatic carbocycles. The summed E-state index contributed by atoms with van der Waals surface area (Å²) in [4.78, 5) is 28.0. The van der Waals surface area contributed by atoms with Crippen molar-refractivity contribution in [2.24, 2.45) is 5.92 Å². The Kier molecular flexibility index (Phi) is 9.05. The van der Waals surface area contributed by atoms with Crippen molar-refractivity contribution in [3.8, 4) is 0 Å². The highest BCUT2D eigenvalue weighted by Gasteiger charge is 2.29. The summed E-state index contributed by atoms with van der Waals surface area (Å²) < 4.78 is 5.21. The van der Waals surface area contributed by atoms with E-state index in [0.29, 0.717) is 0 Å². The van der Waals surface area contributed by atoms with E-state index in [4.69, 9.17) is 10.1 Å². The molecule has 2 amide bonds. The van der Waals surface area contributed by atoms with Gasteiger partial charge >= 0.3 is 12.3 Å². The summed E-state index contributed by atoms with van der Waals surface area (Å²) in [5.74, 6) is -1.05. The fourth-order valence-corrected chi connectivity index (χ4v) is 2.92. The third kappa shape index (κ3) is 7.82. The van der Waals surface area contributed by atoms with E-state index in [2.05, 4.69) is 15.6 Å². The number of alkyl carbamates (subject to hydrolysis) is 1. The molecule has 0 heterocycles. The Bertz CT molecular complexity index is 924. The fourth-order valence-electron chi connectivity index (χ4n) is 2.92. The summed E-state index contributed by atoms with van der Waals surface area (Å²) in [5.41, 5.74) is 1.69. The molecule has 2 rings (SSSR count). The van der Waals surface area contributed by atoms with Gasteiger partial charge in [0.1, 0.15) is 12.6 Å². The van der Waals surface area contributed by atoms with Crippen molar-refractivity contribution in [1.82, 2.24) is 10.6 Å². The predicted molar refractivity (Wildman–Crippen MR) is 116 cm³/mol. The largest absolute Gasteiger partial charge is 0.504 e. The molecule has 162 valence electrons. The van der Waals surface area contributed by atoms with Gasteiger partial charge in [-0.15, -0.1) is 0 Å². The van der Waals surface area contributed by atoms with Crippen LogP contribution in [0.2, 0.25) is 0 Å². The summed E-state index contributed by atoms with van der Waals surface area (Å²) in [5, 5.41) is 24.3. The Balaban J connectivity index is 2.04. The Hall–Kier alpha value is -3.86. The molecule has 2 atom stereocenters. The number of amides is 2. The first-order valence-electron chi connectivity index (χ1n) is 9.95. The van der Waals surface area contributed by atoms with Gasteiger partial charge in [-0.3, -0.25) is 4.79 Å². The van der Waals surface area contributed by atoms with Gasteiger partial charge in [0, 0.05) is 6.42 Å². The van der Waals surface area contributed by atoms with Crippen molar-refractivity contribution >= 4 is 12.0 Å². The third-order valence-electron chi connectivity index (χ3n) is 4.58. The van der Waals surface area contributed by atoms with Crippen molar-refractivity contribution in [2.75, 3.05) is 0 Å². The van der Waals surface area contributed by atoms with E-state index in [9.17, 15) is 14.7 Å². The standard InChI is InChI=1S/C23H26N4O4/c1-16(2)21(27-23(30)31-15-18-11-7-4-8-12-18)22(29)26-19(20(28)14-25-24)13-17-9-5-3-6-10-17/h3-12,14,16,19,21H,13,15H2,1-2H3,(H2-,26,27,28,29,30)/p+1/b20-14-/t19-,21-/m0/s1.